The van der Waals surface area contributed by atoms with Crippen LogP contribution in [0.3, 0.4) is 0 Å². The first-order valence-corrected chi connectivity index (χ1v) is 20.4. The second kappa shape index (κ2) is 17.6. The molecule has 6 aromatic rings. The van der Waals surface area contributed by atoms with Crippen LogP contribution < -0.4 is 20.9 Å². The number of rotatable bonds is 7. The highest BCUT2D eigenvalue weighted by atomic mass is 35.5. The van der Waals surface area contributed by atoms with Crippen molar-refractivity contribution in [2.75, 3.05) is 28.6 Å². The maximum absolute atomic E-state index is 6.44. The summed E-state index contributed by atoms with van der Waals surface area (Å²) in [6.07, 6.45) is 17.5. The van der Waals surface area contributed by atoms with Crippen molar-refractivity contribution in [3.05, 3.63) is 122 Å². The van der Waals surface area contributed by atoms with Crippen LogP contribution in [0.4, 0.5) is 17.7 Å². The van der Waals surface area contributed by atoms with Gasteiger partial charge in [-0.1, -0.05) is 46.9 Å². The summed E-state index contributed by atoms with van der Waals surface area (Å²) < 4.78 is 0. The van der Waals surface area contributed by atoms with Gasteiger partial charge >= 0.3 is 0 Å². The fraction of sp³-hybridized carbons (Fsp3) is 0.333. The minimum atomic E-state index is 0.416. The van der Waals surface area contributed by atoms with Crippen LogP contribution in [-0.4, -0.2) is 65.0 Å². The first kappa shape index (κ1) is 38.8. The molecule has 0 spiro atoms. The monoisotopic (exact) mass is 820 g/mol. The van der Waals surface area contributed by atoms with Crippen LogP contribution in [0, 0.1) is 13.8 Å². The van der Waals surface area contributed by atoms with Crippen molar-refractivity contribution in [1.82, 2.24) is 45.2 Å². The molecule has 3 N–H and O–H groups in total. The Morgan fingerprint density at radius 2 is 1.25 bits per heavy atom. The summed E-state index contributed by atoms with van der Waals surface area (Å²) in [5.74, 6) is 2.47. The van der Waals surface area contributed by atoms with E-state index in [1.165, 1.54) is 43.1 Å². The standard InChI is InChI=1S/C21H21ClN6.C11H8Cl2N2.C10H14N4/c1-13-3-2-7-23-20(13)16-9-19(24-11-17(16)22)28-8-6-18-14(12-28)10-25-21(27-18)26-15-4-5-15;1-7-3-2-4-14-11(7)8-5-10(13)15-6-9(8)12;1-2-8(1)13-10-12-6-7-5-11-4-3-9(7)14-10/h2-3,7,9-11,15H,4-6,8,12H2,1H3,(H,25,26,27);2-6H,1H3;6,8,11H,1-5H2,(H,12,13,14). The third kappa shape index (κ3) is 9.93. The molecule has 57 heavy (non-hydrogen) atoms. The molecule has 4 aliphatic rings. The van der Waals surface area contributed by atoms with E-state index in [0.29, 0.717) is 27.3 Å². The quantitative estimate of drug-likeness (QED) is 0.133. The van der Waals surface area contributed by atoms with E-state index < -0.39 is 0 Å². The molecular formula is C42H43Cl3N12. The Hall–Kier alpha value is -5.01. The summed E-state index contributed by atoms with van der Waals surface area (Å²) in [4.78, 5) is 37.6. The van der Waals surface area contributed by atoms with Crippen molar-refractivity contribution in [2.45, 2.75) is 77.5 Å². The molecule has 12 nitrogen and oxygen atoms in total. The molecular weight excluding hydrogens is 779 g/mol. The number of fused-ring (bicyclic) bond motifs is 2. The van der Waals surface area contributed by atoms with Crippen LogP contribution >= 0.6 is 34.8 Å². The highest BCUT2D eigenvalue weighted by Gasteiger charge is 2.25. The van der Waals surface area contributed by atoms with E-state index in [9.17, 15) is 0 Å². The minimum absolute atomic E-state index is 0.416. The Morgan fingerprint density at radius 1 is 0.667 bits per heavy atom. The van der Waals surface area contributed by atoms with Crippen LogP contribution in [0.5, 0.6) is 0 Å². The van der Waals surface area contributed by atoms with Gasteiger partial charge in [-0.15, -0.1) is 0 Å². The third-order valence-corrected chi connectivity index (χ3v) is 10.9. The van der Waals surface area contributed by atoms with Gasteiger partial charge in [0.15, 0.2) is 0 Å². The first-order valence-electron chi connectivity index (χ1n) is 19.3. The van der Waals surface area contributed by atoms with Crippen molar-refractivity contribution in [1.29, 1.82) is 0 Å². The molecule has 2 saturated carbocycles. The summed E-state index contributed by atoms with van der Waals surface area (Å²) in [6.45, 7) is 7.58. The average Bonchev–Trinajstić information content (AvgIpc) is 4.18. The minimum Gasteiger partial charge on any atom is -0.352 e. The van der Waals surface area contributed by atoms with Crippen LogP contribution in [0.15, 0.2) is 73.6 Å². The number of aryl methyl sites for hydroxylation is 2. The number of anilines is 3. The predicted octanol–water partition coefficient (Wildman–Crippen LogP) is 8.49. The molecule has 10 rings (SSSR count). The SMILES string of the molecule is Cc1cccnc1-c1cc(Cl)ncc1Cl.Cc1cccnc1-c1cc(N2CCc3nc(NC4CC4)ncc3C2)ncc1Cl.c1nc(NC2CC2)nc2c1CNCC2. The van der Waals surface area contributed by atoms with Gasteiger partial charge in [0.05, 0.1) is 32.8 Å². The van der Waals surface area contributed by atoms with Gasteiger partial charge < -0.3 is 20.9 Å². The van der Waals surface area contributed by atoms with Gasteiger partial charge in [-0.3, -0.25) is 9.97 Å². The Morgan fingerprint density at radius 3 is 1.86 bits per heavy atom. The molecule has 2 aliphatic carbocycles. The predicted molar refractivity (Wildman–Crippen MR) is 227 cm³/mol. The number of pyridine rings is 4. The Bertz CT molecular complexity index is 2370. The molecule has 0 amide bonds. The molecule has 2 aliphatic heterocycles. The molecule has 0 unspecified atom stereocenters. The molecule has 292 valence electrons. The normalized spacial score (nSPS) is 15.6. The first-order chi connectivity index (χ1) is 27.8. The zero-order chi connectivity index (χ0) is 39.3. The second-order valence-corrected chi connectivity index (χ2v) is 15.8. The van der Waals surface area contributed by atoms with E-state index in [2.05, 4.69) is 55.7 Å². The number of hydrogen-bond acceptors (Lipinski definition) is 12. The number of nitrogens with zero attached hydrogens (tertiary/aromatic N) is 9. The van der Waals surface area contributed by atoms with Crippen molar-refractivity contribution in [2.24, 2.45) is 0 Å². The summed E-state index contributed by atoms with van der Waals surface area (Å²) in [7, 11) is 0. The summed E-state index contributed by atoms with van der Waals surface area (Å²) in [5.41, 5.74) is 10.4. The maximum atomic E-state index is 6.44. The van der Waals surface area contributed by atoms with Gasteiger partial charge in [-0.2, -0.15) is 0 Å². The Kier molecular flexibility index (Phi) is 12.0. The summed E-state index contributed by atoms with van der Waals surface area (Å²) in [5, 5.41) is 11.6. The van der Waals surface area contributed by atoms with E-state index in [4.69, 9.17) is 39.8 Å². The van der Waals surface area contributed by atoms with E-state index in [-0.39, 0.29) is 0 Å². The van der Waals surface area contributed by atoms with Crippen LogP contribution in [0.2, 0.25) is 15.2 Å². The topological polar surface area (TPSA) is 142 Å². The number of halogens is 3. The molecule has 0 radical (unpaired) electrons. The fourth-order valence-corrected chi connectivity index (χ4v) is 7.16. The molecule has 6 aromatic heterocycles. The van der Waals surface area contributed by atoms with Crippen LogP contribution in [0.1, 0.15) is 59.3 Å². The zero-order valence-corrected chi connectivity index (χ0v) is 34.1. The van der Waals surface area contributed by atoms with Gasteiger partial charge in [0, 0.05) is 111 Å². The number of hydrogen-bond donors (Lipinski definition) is 3. The zero-order valence-electron chi connectivity index (χ0n) is 31.8. The number of aromatic nitrogens is 8. The summed E-state index contributed by atoms with van der Waals surface area (Å²) >= 11 is 18.3. The van der Waals surface area contributed by atoms with Crippen LogP contribution in [-0.2, 0) is 25.9 Å². The largest absolute Gasteiger partial charge is 0.352 e. The molecule has 0 aromatic carbocycles. The highest BCUT2D eigenvalue weighted by molar-refractivity contribution is 6.34. The van der Waals surface area contributed by atoms with Crippen LogP contribution in [0.25, 0.3) is 22.5 Å². The van der Waals surface area contributed by atoms with Crippen molar-refractivity contribution in [3.8, 4) is 22.5 Å². The van der Waals surface area contributed by atoms with Gasteiger partial charge in [-0.05, 0) is 74.9 Å². The lowest BCUT2D eigenvalue weighted by molar-refractivity contribution is 0.626. The van der Waals surface area contributed by atoms with Crippen molar-refractivity contribution < 1.29 is 0 Å². The third-order valence-electron chi connectivity index (χ3n) is 10.1. The second-order valence-electron chi connectivity index (χ2n) is 14.6. The summed E-state index contributed by atoms with van der Waals surface area (Å²) in [6, 6.07) is 12.8. The average molecular weight is 822 g/mol. The van der Waals surface area contributed by atoms with Crippen molar-refractivity contribution >= 4 is 52.5 Å². The highest BCUT2D eigenvalue weighted by Crippen LogP contribution is 2.33. The molecule has 0 bridgehead atoms. The van der Waals surface area contributed by atoms with E-state index in [1.54, 1.807) is 24.7 Å². The lowest BCUT2D eigenvalue weighted by Gasteiger charge is -2.29. The molecule has 0 saturated heterocycles. The lowest BCUT2D eigenvalue weighted by Crippen LogP contribution is -2.32. The maximum Gasteiger partial charge on any atom is 0.223 e. The molecule has 2 fully saturated rings. The van der Waals surface area contributed by atoms with Gasteiger partial charge in [0.2, 0.25) is 11.9 Å². The molecule has 0 atom stereocenters. The lowest BCUT2D eigenvalue weighted by atomic mass is 10.1. The fourth-order valence-electron chi connectivity index (χ4n) is 6.62. The van der Waals surface area contributed by atoms with Gasteiger partial charge in [-0.25, -0.2) is 29.9 Å². The number of nitrogens with one attached hydrogen (secondary N) is 3. The van der Waals surface area contributed by atoms with Gasteiger partial charge in [0.1, 0.15) is 11.0 Å². The smallest absolute Gasteiger partial charge is 0.223 e. The van der Waals surface area contributed by atoms with E-state index >= 15 is 0 Å². The Balaban J connectivity index is 0.000000132. The van der Waals surface area contributed by atoms with Gasteiger partial charge in [0.25, 0.3) is 0 Å². The van der Waals surface area contributed by atoms with E-state index in [0.717, 1.165) is 102 Å². The molecule has 8 heterocycles. The Labute approximate surface area is 347 Å². The molecule has 15 heteroatoms. The van der Waals surface area contributed by atoms with E-state index in [1.807, 2.05) is 56.6 Å². The van der Waals surface area contributed by atoms with Crippen molar-refractivity contribution in [3.63, 3.8) is 0 Å².